The number of hydrogen-bond donors (Lipinski definition) is 0. The van der Waals surface area contributed by atoms with Gasteiger partial charge in [-0.05, 0) is 57.0 Å². The molecule has 1 aromatic heterocycles. The summed E-state index contributed by atoms with van der Waals surface area (Å²) < 4.78 is 6.82. The Morgan fingerprint density at radius 1 is 1.00 bits per heavy atom. The summed E-state index contributed by atoms with van der Waals surface area (Å²) in [7, 11) is 0. The standard InChI is InChI=1S/C20H26N4O3/c1-5-27-20(26)23-10-8-22(9-11-23)19(25)18-13-16(4)24(21-18)17-7-6-14(2)15(3)12-17/h6-7,12-13H,5,8-11H2,1-4H3. The van der Waals surface area contributed by atoms with Crippen molar-refractivity contribution >= 4 is 12.0 Å². The molecule has 3 rings (SSSR count). The van der Waals surface area contributed by atoms with Gasteiger partial charge in [0.15, 0.2) is 5.69 Å². The predicted molar refractivity (Wildman–Crippen MR) is 102 cm³/mol. The van der Waals surface area contributed by atoms with Gasteiger partial charge in [-0.15, -0.1) is 0 Å². The molecule has 144 valence electrons. The van der Waals surface area contributed by atoms with Crippen LogP contribution < -0.4 is 0 Å². The molecule has 1 aliphatic heterocycles. The number of nitrogens with zero attached hydrogens (tertiary/aromatic N) is 4. The van der Waals surface area contributed by atoms with E-state index >= 15 is 0 Å². The summed E-state index contributed by atoms with van der Waals surface area (Å²) in [6.45, 7) is 10.1. The molecule has 7 nitrogen and oxygen atoms in total. The smallest absolute Gasteiger partial charge is 0.409 e. The van der Waals surface area contributed by atoms with Crippen molar-refractivity contribution in [2.75, 3.05) is 32.8 Å². The Hall–Kier alpha value is -2.83. The lowest BCUT2D eigenvalue weighted by molar-refractivity contribution is 0.0565. The second-order valence-electron chi connectivity index (χ2n) is 6.83. The van der Waals surface area contributed by atoms with Gasteiger partial charge in [0.25, 0.3) is 5.91 Å². The van der Waals surface area contributed by atoms with Gasteiger partial charge in [-0.1, -0.05) is 6.07 Å². The van der Waals surface area contributed by atoms with Crippen molar-refractivity contribution in [2.45, 2.75) is 27.7 Å². The zero-order chi connectivity index (χ0) is 19.6. The summed E-state index contributed by atoms with van der Waals surface area (Å²) in [5, 5.41) is 4.53. The van der Waals surface area contributed by atoms with Gasteiger partial charge in [0.05, 0.1) is 12.3 Å². The number of carbonyl (C=O) groups is 2. The molecule has 2 aromatic rings. The van der Waals surface area contributed by atoms with E-state index in [-0.39, 0.29) is 12.0 Å². The molecule has 1 aliphatic rings. The van der Waals surface area contributed by atoms with Gasteiger partial charge in [-0.25, -0.2) is 9.48 Å². The highest BCUT2D eigenvalue weighted by atomic mass is 16.6. The van der Waals surface area contributed by atoms with Crippen LogP contribution in [0.25, 0.3) is 5.69 Å². The lowest BCUT2D eigenvalue weighted by Gasteiger charge is -2.33. The van der Waals surface area contributed by atoms with Crippen molar-refractivity contribution in [3.63, 3.8) is 0 Å². The van der Waals surface area contributed by atoms with Gasteiger partial charge in [0, 0.05) is 31.9 Å². The number of amides is 2. The van der Waals surface area contributed by atoms with E-state index in [9.17, 15) is 9.59 Å². The van der Waals surface area contributed by atoms with Gasteiger partial charge in [-0.3, -0.25) is 4.79 Å². The molecule has 2 amide bonds. The second-order valence-corrected chi connectivity index (χ2v) is 6.83. The lowest BCUT2D eigenvalue weighted by atomic mass is 10.1. The summed E-state index contributed by atoms with van der Waals surface area (Å²) in [5.74, 6) is -0.107. The normalized spacial score (nSPS) is 14.4. The zero-order valence-corrected chi connectivity index (χ0v) is 16.4. The Morgan fingerprint density at radius 2 is 1.67 bits per heavy atom. The molecule has 0 spiro atoms. The SMILES string of the molecule is CCOC(=O)N1CCN(C(=O)c2cc(C)n(-c3ccc(C)c(C)c3)n2)CC1. The molecular formula is C20H26N4O3. The van der Waals surface area contributed by atoms with Crippen LogP contribution in [0.15, 0.2) is 24.3 Å². The van der Waals surface area contributed by atoms with Crippen LogP contribution in [0.2, 0.25) is 0 Å². The first kappa shape index (κ1) is 18.9. The minimum atomic E-state index is -0.320. The van der Waals surface area contributed by atoms with E-state index in [0.717, 1.165) is 11.4 Å². The number of ether oxygens (including phenoxy) is 1. The van der Waals surface area contributed by atoms with Gasteiger partial charge in [0.1, 0.15) is 0 Å². The number of hydrogen-bond acceptors (Lipinski definition) is 4. The average molecular weight is 370 g/mol. The monoisotopic (exact) mass is 370 g/mol. The Bertz CT molecular complexity index is 851. The topological polar surface area (TPSA) is 67.7 Å². The molecule has 0 aliphatic carbocycles. The lowest BCUT2D eigenvalue weighted by Crippen LogP contribution is -2.50. The van der Waals surface area contributed by atoms with E-state index in [1.807, 2.05) is 19.1 Å². The molecule has 1 aromatic carbocycles. The van der Waals surface area contributed by atoms with E-state index in [0.29, 0.717) is 38.5 Å². The molecule has 0 radical (unpaired) electrons. The van der Waals surface area contributed by atoms with Crippen molar-refractivity contribution in [1.82, 2.24) is 19.6 Å². The number of aryl methyl sites for hydroxylation is 3. The van der Waals surface area contributed by atoms with Crippen molar-refractivity contribution in [2.24, 2.45) is 0 Å². The fraction of sp³-hybridized carbons (Fsp3) is 0.450. The molecule has 27 heavy (non-hydrogen) atoms. The van der Waals surface area contributed by atoms with Crippen molar-refractivity contribution in [1.29, 1.82) is 0 Å². The highest BCUT2D eigenvalue weighted by Crippen LogP contribution is 2.17. The van der Waals surface area contributed by atoms with Crippen LogP contribution in [0, 0.1) is 20.8 Å². The number of carbonyl (C=O) groups excluding carboxylic acids is 2. The summed E-state index contributed by atoms with van der Waals surface area (Å²) in [4.78, 5) is 28.0. The summed E-state index contributed by atoms with van der Waals surface area (Å²) in [5.41, 5.74) is 4.69. The molecule has 0 bridgehead atoms. The van der Waals surface area contributed by atoms with Crippen LogP contribution in [-0.4, -0.2) is 64.4 Å². The third-order valence-corrected chi connectivity index (χ3v) is 4.93. The molecule has 0 N–H and O–H groups in total. The minimum Gasteiger partial charge on any atom is -0.450 e. The number of piperazine rings is 1. The largest absolute Gasteiger partial charge is 0.450 e. The maximum atomic E-state index is 12.8. The second kappa shape index (κ2) is 7.82. The van der Waals surface area contributed by atoms with Crippen molar-refractivity contribution < 1.29 is 14.3 Å². The first-order chi connectivity index (χ1) is 12.9. The predicted octanol–water partition coefficient (Wildman–Crippen LogP) is 2.71. The number of benzene rings is 1. The van der Waals surface area contributed by atoms with Crippen LogP contribution in [0.3, 0.4) is 0 Å². The first-order valence-electron chi connectivity index (χ1n) is 9.26. The first-order valence-corrected chi connectivity index (χ1v) is 9.26. The van der Waals surface area contributed by atoms with Crippen LogP contribution in [0.1, 0.15) is 34.2 Å². The number of rotatable bonds is 3. The summed E-state index contributed by atoms with van der Waals surface area (Å²) in [6, 6.07) is 7.95. The highest BCUT2D eigenvalue weighted by Gasteiger charge is 2.27. The van der Waals surface area contributed by atoms with Gasteiger partial charge >= 0.3 is 6.09 Å². The Labute approximate surface area is 159 Å². The summed E-state index contributed by atoms with van der Waals surface area (Å²) >= 11 is 0. The van der Waals surface area contributed by atoms with Crippen LogP contribution in [-0.2, 0) is 4.74 Å². The van der Waals surface area contributed by atoms with Crippen molar-refractivity contribution in [3.8, 4) is 5.69 Å². The molecule has 0 atom stereocenters. The molecular weight excluding hydrogens is 344 g/mol. The van der Waals surface area contributed by atoms with Crippen LogP contribution >= 0.6 is 0 Å². The zero-order valence-electron chi connectivity index (χ0n) is 16.4. The molecule has 1 saturated heterocycles. The molecule has 2 heterocycles. The van der Waals surface area contributed by atoms with Crippen molar-refractivity contribution in [3.05, 3.63) is 46.8 Å². The molecule has 7 heteroatoms. The van der Waals surface area contributed by atoms with E-state index in [2.05, 4.69) is 31.1 Å². The highest BCUT2D eigenvalue weighted by molar-refractivity contribution is 5.92. The van der Waals surface area contributed by atoms with E-state index in [1.54, 1.807) is 21.4 Å². The Morgan fingerprint density at radius 3 is 2.30 bits per heavy atom. The quantitative estimate of drug-likeness (QED) is 0.833. The van der Waals surface area contributed by atoms with E-state index < -0.39 is 0 Å². The third-order valence-electron chi connectivity index (χ3n) is 4.93. The average Bonchev–Trinajstić information content (AvgIpc) is 3.05. The van der Waals surface area contributed by atoms with Gasteiger partial charge < -0.3 is 14.5 Å². The number of aromatic nitrogens is 2. The Kier molecular flexibility index (Phi) is 5.48. The molecule has 0 saturated carbocycles. The maximum absolute atomic E-state index is 12.8. The van der Waals surface area contributed by atoms with E-state index in [4.69, 9.17) is 4.74 Å². The van der Waals surface area contributed by atoms with Crippen LogP contribution in [0.4, 0.5) is 4.79 Å². The van der Waals surface area contributed by atoms with Crippen LogP contribution in [0.5, 0.6) is 0 Å². The molecule has 0 unspecified atom stereocenters. The fourth-order valence-corrected chi connectivity index (χ4v) is 3.17. The maximum Gasteiger partial charge on any atom is 0.409 e. The third kappa shape index (κ3) is 3.97. The molecule has 1 fully saturated rings. The minimum absolute atomic E-state index is 0.107. The van der Waals surface area contributed by atoms with Gasteiger partial charge in [0.2, 0.25) is 0 Å². The van der Waals surface area contributed by atoms with Gasteiger partial charge in [-0.2, -0.15) is 5.10 Å². The fourth-order valence-electron chi connectivity index (χ4n) is 3.17. The Balaban J connectivity index is 1.71. The van der Waals surface area contributed by atoms with E-state index in [1.165, 1.54) is 11.1 Å². The summed E-state index contributed by atoms with van der Waals surface area (Å²) in [6.07, 6.45) is -0.320.